The number of thiophene rings is 1. The Kier molecular flexibility index (Phi) is 4.39. The van der Waals surface area contributed by atoms with E-state index >= 15 is 0 Å². The molecule has 152 valence electrons. The molecular formula is C27H22N2OS. The molecule has 0 spiro atoms. The van der Waals surface area contributed by atoms with Gasteiger partial charge in [-0.05, 0) is 52.3 Å². The second-order valence-corrected chi connectivity index (χ2v) is 9.11. The molecule has 0 fully saturated rings. The van der Waals surface area contributed by atoms with E-state index in [1.165, 1.54) is 26.8 Å². The van der Waals surface area contributed by atoms with E-state index in [2.05, 4.69) is 63.8 Å². The molecule has 6 rings (SSSR count). The van der Waals surface area contributed by atoms with Gasteiger partial charge in [0.25, 0.3) is 5.91 Å². The Bertz CT molecular complexity index is 1410. The van der Waals surface area contributed by atoms with Crippen LogP contribution < -0.4 is 0 Å². The summed E-state index contributed by atoms with van der Waals surface area (Å²) in [6, 6.07) is 25.3. The summed E-state index contributed by atoms with van der Waals surface area (Å²) < 4.78 is 0. The van der Waals surface area contributed by atoms with E-state index in [4.69, 9.17) is 0 Å². The van der Waals surface area contributed by atoms with Gasteiger partial charge in [-0.2, -0.15) is 0 Å². The number of carbonyl (C=O) groups is 1. The third kappa shape index (κ3) is 3.06. The molecule has 1 aliphatic heterocycles. The Balaban J connectivity index is 1.43. The number of fused-ring (bicyclic) bond motifs is 3. The first-order valence-corrected chi connectivity index (χ1v) is 11.6. The molecule has 1 amide bonds. The van der Waals surface area contributed by atoms with Crippen LogP contribution in [-0.4, -0.2) is 22.3 Å². The van der Waals surface area contributed by atoms with Crippen LogP contribution in [0.1, 0.15) is 32.4 Å². The molecule has 5 aromatic rings. The minimum absolute atomic E-state index is 0.0516. The minimum Gasteiger partial charge on any atom is -0.360 e. The number of aromatic nitrogens is 1. The summed E-state index contributed by atoms with van der Waals surface area (Å²) >= 11 is 1.78. The highest BCUT2D eigenvalue weighted by atomic mass is 32.1. The molecule has 4 heteroatoms. The largest absolute Gasteiger partial charge is 0.360 e. The van der Waals surface area contributed by atoms with Crippen molar-refractivity contribution in [2.24, 2.45) is 0 Å². The van der Waals surface area contributed by atoms with Gasteiger partial charge in [0.2, 0.25) is 0 Å². The molecule has 1 N–H and O–H groups in total. The third-order valence-corrected chi connectivity index (χ3v) is 7.52. The molecule has 0 saturated heterocycles. The van der Waals surface area contributed by atoms with Crippen LogP contribution in [0.2, 0.25) is 0 Å². The van der Waals surface area contributed by atoms with Crippen LogP contribution in [0.5, 0.6) is 0 Å². The predicted molar refractivity (Wildman–Crippen MR) is 128 cm³/mol. The summed E-state index contributed by atoms with van der Waals surface area (Å²) in [5.74, 6) is 0.113. The summed E-state index contributed by atoms with van der Waals surface area (Å²) in [5, 5.41) is 5.68. The molecule has 31 heavy (non-hydrogen) atoms. The number of hydrogen-bond acceptors (Lipinski definition) is 2. The molecule has 1 aliphatic rings. The van der Waals surface area contributed by atoms with Gasteiger partial charge in [-0.25, -0.2) is 0 Å². The predicted octanol–water partition coefficient (Wildman–Crippen LogP) is 6.36. The zero-order valence-electron chi connectivity index (χ0n) is 17.0. The molecule has 0 bridgehead atoms. The van der Waals surface area contributed by atoms with Crippen LogP contribution in [0.15, 0.2) is 84.4 Å². The van der Waals surface area contributed by atoms with Crippen molar-refractivity contribution in [2.45, 2.75) is 18.9 Å². The Morgan fingerprint density at radius 2 is 1.77 bits per heavy atom. The lowest BCUT2D eigenvalue weighted by atomic mass is 9.92. The van der Waals surface area contributed by atoms with Crippen LogP contribution in [0.25, 0.3) is 21.7 Å². The minimum atomic E-state index is 0.0516. The van der Waals surface area contributed by atoms with Gasteiger partial charge >= 0.3 is 0 Å². The number of nitrogens with one attached hydrogen (secondary N) is 1. The van der Waals surface area contributed by atoms with Crippen molar-refractivity contribution < 1.29 is 4.79 Å². The van der Waals surface area contributed by atoms with Crippen LogP contribution in [0, 0.1) is 0 Å². The molecule has 1 atom stereocenters. The highest BCUT2D eigenvalue weighted by Gasteiger charge is 2.33. The van der Waals surface area contributed by atoms with Crippen molar-refractivity contribution in [3.8, 4) is 0 Å². The first-order valence-electron chi connectivity index (χ1n) is 10.7. The molecule has 3 aromatic carbocycles. The first kappa shape index (κ1) is 18.4. The van der Waals surface area contributed by atoms with Crippen LogP contribution >= 0.6 is 11.3 Å². The quantitative estimate of drug-likeness (QED) is 0.361. The molecule has 0 saturated carbocycles. The zero-order valence-corrected chi connectivity index (χ0v) is 17.9. The van der Waals surface area contributed by atoms with Crippen molar-refractivity contribution >= 4 is 38.9 Å². The van der Waals surface area contributed by atoms with E-state index in [9.17, 15) is 4.79 Å². The molecule has 0 aliphatic carbocycles. The molecule has 1 unspecified atom stereocenters. The fraction of sp³-hybridized carbons (Fsp3) is 0.148. The Hall–Kier alpha value is -3.37. The highest BCUT2D eigenvalue weighted by molar-refractivity contribution is 7.10. The van der Waals surface area contributed by atoms with Gasteiger partial charge in [0.1, 0.15) is 0 Å². The maximum atomic E-state index is 13.8. The number of aromatic amines is 1. The van der Waals surface area contributed by atoms with Crippen molar-refractivity contribution in [3.63, 3.8) is 0 Å². The summed E-state index contributed by atoms with van der Waals surface area (Å²) in [6.07, 6.45) is 3.61. The molecule has 2 aromatic heterocycles. The summed E-state index contributed by atoms with van der Waals surface area (Å²) in [4.78, 5) is 20.5. The van der Waals surface area contributed by atoms with Crippen molar-refractivity contribution in [1.82, 2.24) is 9.88 Å². The van der Waals surface area contributed by atoms with E-state index in [1.807, 2.05) is 30.5 Å². The van der Waals surface area contributed by atoms with Gasteiger partial charge in [0.15, 0.2) is 0 Å². The van der Waals surface area contributed by atoms with E-state index in [0.717, 1.165) is 35.9 Å². The molecule has 3 nitrogen and oxygen atoms in total. The molecular weight excluding hydrogens is 400 g/mol. The second-order valence-electron chi connectivity index (χ2n) is 8.16. The monoisotopic (exact) mass is 422 g/mol. The fourth-order valence-corrected chi connectivity index (χ4v) is 5.98. The summed E-state index contributed by atoms with van der Waals surface area (Å²) in [6.45, 7) is 0.748. The smallest absolute Gasteiger partial charge is 0.256 e. The summed E-state index contributed by atoms with van der Waals surface area (Å²) in [7, 11) is 0. The maximum Gasteiger partial charge on any atom is 0.256 e. The fourth-order valence-electron chi connectivity index (χ4n) is 4.91. The van der Waals surface area contributed by atoms with Crippen LogP contribution in [0.4, 0.5) is 0 Å². The maximum absolute atomic E-state index is 13.8. The number of amides is 1. The van der Waals surface area contributed by atoms with Gasteiger partial charge in [0, 0.05) is 28.5 Å². The average Bonchev–Trinajstić information content (AvgIpc) is 3.46. The van der Waals surface area contributed by atoms with Gasteiger partial charge < -0.3 is 9.88 Å². The number of nitrogens with zero attached hydrogens (tertiary/aromatic N) is 1. The van der Waals surface area contributed by atoms with Gasteiger partial charge in [-0.1, -0.05) is 60.7 Å². The lowest BCUT2D eigenvalue weighted by molar-refractivity contribution is 0.0667. The SMILES string of the molecule is O=C(c1c[nH]c2ccccc12)N1CCc2ccsc2C1Cc1cccc2ccccc12. The standard InChI is InChI=1S/C27H22N2OS/c30-27(23-17-28-24-11-4-3-10-22(23)24)29-14-12-19-13-15-31-26(19)25(29)16-20-8-5-7-18-6-1-2-9-21(18)20/h1-11,13,15,17,25,28H,12,14,16H2. The lowest BCUT2D eigenvalue weighted by Crippen LogP contribution is -2.40. The Labute approximate surface area is 184 Å². The van der Waals surface area contributed by atoms with E-state index in [1.54, 1.807) is 11.3 Å². The third-order valence-electron chi connectivity index (χ3n) is 6.46. The van der Waals surface area contributed by atoms with E-state index in [-0.39, 0.29) is 11.9 Å². The van der Waals surface area contributed by atoms with Gasteiger partial charge in [-0.15, -0.1) is 11.3 Å². The number of carbonyl (C=O) groups excluding carboxylic acids is 1. The highest BCUT2D eigenvalue weighted by Crippen LogP contribution is 2.38. The number of rotatable bonds is 3. The first-order chi connectivity index (χ1) is 15.3. The normalized spacial score (nSPS) is 16.0. The molecule has 0 radical (unpaired) electrons. The van der Waals surface area contributed by atoms with E-state index < -0.39 is 0 Å². The lowest BCUT2D eigenvalue weighted by Gasteiger charge is -2.36. The number of H-pyrrole nitrogens is 1. The number of para-hydroxylation sites is 1. The Morgan fingerprint density at radius 3 is 2.71 bits per heavy atom. The van der Waals surface area contributed by atoms with Crippen molar-refractivity contribution in [3.05, 3.63) is 106 Å². The van der Waals surface area contributed by atoms with E-state index in [0.29, 0.717) is 0 Å². The van der Waals surface area contributed by atoms with Crippen molar-refractivity contribution in [1.29, 1.82) is 0 Å². The Morgan fingerprint density at radius 1 is 0.968 bits per heavy atom. The number of benzene rings is 3. The van der Waals surface area contributed by atoms with Crippen LogP contribution in [-0.2, 0) is 12.8 Å². The summed E-state index contributed by atoms with van der Waals surface area (Å²) in [5.41, 5.74) is 4.45. The number of hydrogen-bond donors (Lipinski definition) is 1. The topological polar surface area (TPSA) is 36.1 Å². The second kappa shape index (κ2) is 7.40. The van der Waals surface area contributed by atoms with Gasteiger partial charge in [0.05, 0.1) is 11.6 Å². The van der Waals surface area contributed by atoms with Crippen molar-refractivity contribution in [2.75, 3.05) is 6.54 Å². The van der Waals surface area contributed by atoms with Crippen LogP contribution in [0.3, 0.4) is 0 Å². The van der Waals surface area contributed by atoms with Gasteiger partial charge in [-0.3, -0.25) is 4.79 Å². The zero-order chi connectivity index (χ0) is 20.8. The average molecular weight is 423 g/mol. The molecule has 3 heterocycles.